The molecule has 0 atom stereocenters. The van der Waals surface area contributed by atoms with Gasteiger partial charge in [0, 0.05) is 19.6 Å². The van der Waals surface area contributed by atoms with Crippen LogP contribution in [0.25, 0.3) is 5.57 Å². The monoisotopic (exact) mass is 491 g/mol. The summed E-state index contributed by atoms with van der Waals surface area (Å²) in [7, 11) is 0. The number of hydrogen-bond acceptors (Lipinski definition) is 5. The number of nitrogens with zero attached hydrogens (tertiary/aromatic N) is 1. The Morgan fingerprint density at radius 1 is 1.00 bits per heavy atom. The van der Waals surface area contributed by atoms with Crippen molar-refractivity contribution in [3.63, 3.8) is 0 Å². The van der Waals surface area contributed by atoms with Crippen LogP contribution in [0, 0.1) is 12.7 Å². The van der Waals surface area contributed by atoms with Crippen molar-refractivity contribution in [3.8, 4) is 11.5 Å². The van der Waals surface area contributed by atoms with E-state index in [1.54, 1.807) is 24.3 Å². The third-order valence-electron chi connectivity index (χ3n) is 5.97. The summed E-state index contributed by atoms with van der Waals surface area (Å²) in [5, 5.41) is 8.80. The summed E-state index contributed by atoms with van der Waals surface area (Å²) in [6.07, 6.45) is 1.98. The molecule has 0 radical (unpaired) electrons. The quantitative estimate of drug-likeness (QED) is 0.433. The number of aliphatic carboxylic acids is 1. The molecular formula is C29H30FNO5. The summed E-state index contributed by atoms with van der Waals surface area (Å²) in [5.74, 6) is -0.159. The van der Waals surface area contributed by atoms with Crippen molar-refractivity contribution in [1.82, 2.24) is 4.90 Å². The highest BCUT2D eigenvalue weighted by atomic mass is 19.1. The molecule has 7 heteroatoms. The third-order valence-corrected chi connectivity index (χ3v) is 5.97. The minimum absolute atomic E-state index is 0.282. The van der Waals surface area contributed by atoms with Crippen molar-refractivity contribution in [2.75, 3.05) is 39.5 Å². The Morgan fingerprint density at radius 2 is 1.67 bits per heavy atom. The molecule has 0 spiro atoms. The average Bonchev–Trinajstić information content (AvgIpc) is 2.88. The maximum atomic E-state index is 13.6. The van der Waals surface area contributed by atoms with Crippen molar-refractivity contribution >= 4 is 11.5 Å². The lowest BCUT2D eigenvalue weighted by atomic mass is 9.96. The number of hydrogen-bond donors (Lipinski definition) is 1. The van der Waals surface area contributed by atoms with E-state index >= 15 is 0 Å². The summed E-state index contributed by atoms with van der Waals surface area (Å²) in [6.45, 7) is 6.04. The van der Waals surface area contributed by atoms with Crippen LogP contribution in [-0.4, -0.2) is 55.5 Å². The van der Waals surface area contributed by atoms with Crippen molar-refractivity contribution in [1.29, 1.82) is 0 Å². The molecule has 0 amide bonds. The SMILES string of the molecule is Cc1cc(OC/C=C(/c2ccc(F)cc2)c2ccc(CN3CCOCC3)cc2)ccc1OCC(=O)O. The van der Waals surface area contributed by atoms with Gasteiger partial charge < -0.3 is 19.3 Å². The van der Waals surface area contributed by atoms with Crippen molar-refractivity contribution in [2.24, 2.45) is 0 Å². The molecule has 1 heterocycles. The summed E-state index contributed by atoms with van der Waals surface area (Å²) in [5.41, 5.74) is 4.88. The van der Waals surface area contributed by atoms with E-state index in [2.05, 4.69) is 29.2 Å². The molecule has 0 aromatic heterocycles. The molecule has 6 nitrogen and oxygen atoms in total. The van der Waals surface area contributed by atoms with Crippen LogP contribution in [-0.2, 0) is 16.1 Å². The van der Waals surface area contributed by atoms with E-state index in [0.29, 0.717) is 18.1 Å². The topological polar surface area (TPSA) is 68.2 Å². The van der Waals surface area contributed by atoms with Crippen LogP contribution in [0.5, 0.6) is 11.5 Å². The van der Waals surface area contributed by atoms with Gasteiger partial charge in [0.15, 0.2) is 6.61 Å². The Bertz CT molecular complexity index is 1190. The molecular weight excluding hydrogens is 461 g/mol. The summed E-state index contributed by atoms with van der Waals surface area (Å²) in [4.78, 5) is 13.1. The lowest BCUT2D eigenvalue weighted by Gasteiger charge is -2.26. The van der Waals surface area contributed by atoms with Gasteiger partial charge in [0.25, 0.3) is 0 Å². The number of benzene rings is 3. The normalized spacial score (nSPS) is 14.4. The first-order chi connectivity index (χ1) is 17.5. The molecule has 1 aliphatic rings. The van der Waals surface area contributed by atoms with Gasteiger partial charge in [0.05, 0.1) is 13.2 Å². The predicted octanol–water partition coefficient (Wildman–Crippen LogP) is 4.94. The Morgan fingerprint density at radius 3 is 2.31 bits per heavy atom. The van der Waals surface area contributed by atoms with Gasteiger partial charge in [-0.15, -0.1) is 0 Å². The minimum Gasteiger partial charge on any atom is -0.489 e. The molecule has 3 aromatic carbocycles. The Kier molecular flexibility index (Phi) is 8.71. The maximum absolute atomic E-state index is 13.6. The number of aryl methyl sites for hydroxylation is 1. The summed E-state index contributed by atoms with van der Waals surface area (Å²) >= 11 is 0. The van der Waals surface area contributed by atoms with Gasteiger partial charge in [-0.2, -0.15) is 0 Å². The first kappa shape index (κ1) is 25.4. The number of morpholine rings is 1. The molecule has 1 aliphatic heterocycles. The number of carboxylic acids is 1. The van der Waals surface area contributed by atoms with E-state index in [1.165, 1.54) is 17.7 Å². The van der Waals surface area contributed by atoms with E-state index in [1.807, 2.05) is 19.1 Å². The number of carbonyl (C=O) groups is 1. The molecule has 1 fully saturated rings. The number of halogens is 1. The lowest BCUT2D eigenvalue weighted by Crippen LogP contribution is -2.35. The zero-order valence-corrected chi connectivity index (χ0v) is 20.3. The largest absolute Gasteiger partial charge is 0.489 e. The first-order valence-corrected chi connectivity index (χ1v) is 11.9. The predicted molar refractivity (Wildman–Crippen MR) is 136 cm³/mol. The van der Waals surface area contributed by atoms with Crippen LogP contribution in [0.3, 0.4) is 0 Å². The molecule has 3 aromatic rings. The van der Waals surface area contributed by atoms with Crippen LogP contribution in [0.15, 0.2) is 72.8 Å². The average molecular weight is 492 g/mol. The van der Waals surface area contributed by atoms with E-state index in [4.69, 9.17) is 19.3 Å². The van der Waals surface area contributed by atoms with Crippen LogP contribution < -0.4 is 9.47 Å². The molecule has 1 saturated heterocycles. The van der Waals surface area contributed by atoms with Crippen molar-refractivity contribution in [2.45, 2.75) is 13.5 Å². The van der Waals surface area contributed by atoms with Crippen LogP contribution >= 0.6 is 0 Å². The van der Waals surface area contributed by atoms with Crippen LogP contribution in [0.4, 0.5) is 4.39 Å². The fourth-order valence-electron chi connectivity index (χ4n) is 4.07. The molecule has 188 valence electrons. The highest BCUT2D eigenvalue weighted by Crippen LogP contribution is 2.26. The van der Waals surface area contributed by atoms with E-state index in [0.717, 1.165) is 55.1 Å². The Hall–Kier alpha value is -3.68. The second kappa shape index (κ2) is 12.3. The van der Waals surface area contributed by atoms with Gasteiger partial charge in [0.2, 0.25) is 0 Å². The van der Waals surface area contributed by atoms with Crippen LogP contribution in [0.2, 0.25) is 0 Å². The zero-order valence-electron chi connectivity index (χ0n) is 20.3. The molecule has 0 aliphatic carbocycles. The number of ether oxygens (including phenoxy) is 3. The smallest absolute Gasteiger partial charge is 0.341 e. The molecule has 0 unspecified atom stereocenters. The van der Waals surface area contributed by atoms with Crippen LogP contribution in [0.1, 0.15) is 22.3 Å². The molecule has 0 saturated carbocycles. The van der Waals surface area contributed by atoms with Gasteiger partial charge in [-0.1, -0.05) is 36.4 Å². The van der Waals surface area contributed by atoms with Crippen molar-refractivity contribution in [3.05, 3.63) is 101 Å². The highest BCUT2D eigenvalue weighted by Gasteiger charge is 2.12. The van der Waals surface area contributed by atoms with Gasteiger partial charge >= 0.3 is 5.97 Å². The van der Waals surface area contributed by atoms with Gasteiger partial charge in [-0.3, -0.25) is 4.90 Å². The van der Waals surface area contributed by atoms with Gasteiger partial charge in [-0.05, 0) is 71.2 Å². The highest BCUT2D eigenvalue weighted by molar-refractivity contribution is 5.80. The maximum Gasteiger partial charge on any atom is 0.341 e. The van der Waals surface area contributed by atoms with Gasteiger partial charge in [-0.25, -0.2) is 9.18 Å². The van der Waals surface area contributed by atoms with Crippen molar-refractivity contribution < 1.29 is 28.5 Å². The minimum atomic E-state index is -1.03. The molecule has 36 heavy (non-hydrogen) atoms. The van der Waals surface area contributed by atoms with E-state index in [-0.39, 0.29) is 5.82 Å². The molecule has 1 N–H and O–H groups in total. The Labute approximate surface area is 210 Å². The van der Waals surface area contributed by atoms with Gasteiger partial charge in [0.1, 0.15) is 23.9 Å². The second-order valence-corrected chi connectivity index (χ2v) is 8.63. The Balaban J connectivity index is 1.48. The zero-order chi connectivity index (χ0) is 25.3. The summed E-state index contributed by atoms with van der Waals surface area (Å²) in [6, 6.07) is 20.1. The first-order valence-electron chi connectivity index (χ1n) is 11.9. The summed E-state index contributed by atoms with van der Waals surface area (Å²) < 4.78 is 30.2. The van der Waals surface area contributed by atoms with E-state index < -0.39 is 12.6 Å². The third kappa shape index (κ3) is 7.16. The fraction of sp³-hybridized carbons (Fsp3) is 0.276. The standard InChI is InChI=1S/C29H30FNO5/c1-21-18-26(10-11-28(21)36-20-29(32)33)35-15-12-27(24-6-8-25(30)9-7-24)23-4-2-22(3-5-23)19-31-13-16-34-17-14-31/h2-12,18H,13-17,19-20H2,1H3,(H,32,33)/b27-12+. The molecule has 4 rings (SSSR count). The van der Waals surface area contributed by atoms with E-state index in [9.17, 15) is 9.18 Å². The lowest BCUT2D eigenvalue weighted by molar-refractivity contribution is -0.139. The fourth-order valence-corrected chi connectivity index (χ4v) is 4.07. The number of rotatable bonds is 10. The second-order valence-electron chi connectivity index (χ2n) is 8.63. The molecule has 0 bridgehead atoms. The number of carboxylic acid groups (broad SMARTS) is 1.